The largest absolute Gasteiger partial charge is 0.380 e. The van der Waals surface area contributed by atoms with Gasteiger partial charge in [-0.15, -0.1) is 0 Å². The summed E-state index contributed by atoms with van der Waals surface area (Å²) in [6.07, 6.45) is 2.91. The molecule has 1 heterocycles. The van der Waals surface area contributed by atoms with Crippen molar-refractivity contribution < 1.29 is 4.79 Å². The van der Waals surface area contributed by atoms with Crippen LogP contribution in [0.25, 0.3) is 0 Å². The Balaban J connectivity index is 1.56. The Morgan fingerprint density at radius 3 is 2.40 bits per heavy atom. The van der Waals surface area contributed by atoms with E-state index in [0.717, 1.165) is 27.8 Å². The molecule has 156 valence electrons. The molecular weight excluding hydrogens is 416 g/mol. The summed E-state index contributed by atoms with van der Waals surface area (Å²) >= 11 is 7.91. The Morgan fingerprint density at radius 1 is 1.07 bits per heavy atom. The fourth-order valence-electron chi connectivity index (χ4n) is 3.15. The van der Waals surface area contributed by atoms with E-state index in [1.165, 1.54) is 17.3 Å². The fourth-order valence-corrected chi connectivity index (χ4v) is 3.86. The van der Waals surface area contributed by atoms with Crippen molar-refractivity contribution in [1.82, 2.24) is 9.97 Å². The van der Waals surface area contributed by atoms with Crippen molar-refractivity contribution in [2.24, 2.45) is 0 Å². The van der Waals surface area contributed by atoms with E-state index >= 15 is 0 Å². The third-order valence-corrected chi connectivity index (χ3v) is 5.62. The van der Waals surface area contributed by atoms with Gasteiger partial charge in [-0.3, -0.25) is 4.79 Å². The van der Waals surface area contributed by atoms with E-state index in [0.29, 0.717) is 30.1 Å². The summed E-state index contributed by atoms with van der Waals surface area (Å²) in [7, 11) is 0. The second-order valence-electron chi connectivity index (χ2n) is 6.94. The molecule has 5 nitrogen and oxygen atoms in total. The standard InChI is InChI=1S/C23H25ClN4OS/c1-15-19(16(2)27-23(26-15)30-3)10-12-22(29)28-18-9-11-21(20(24)13-18)25-14-17-7-5-4-6-8-17/h4-9,11,13,25H,10,12,14H2,1-3H3,(H,28,29). The van der Waals surface area contributed by atoms with E-state index in [4.69, 9.17) is 11.6 Å². The molecule has 1 amide bonds. The number of nitrogens with one attached hydrogen (secondary N) is 2. The van der Waals surface area contributed by atoms with Gasteiger partial charge in [0.25, 0.3) is 0 Å². The summed E-state index contributed by atoms with van der Waals surface area (Å²) in [5, 5.41) is 7.56. The maximum Gasteiger partial charge on any atom is 0.224 e. The highest BCUT2D eigenvalue weighted by atomic mass is 35.5. The molecule has 0 aliphatic carbocycles. The molecule has 3 rings (SSSR count). The molecule has 1 aromatic heterocycles. The van der Waals surface area contributed by atoms with E-state index < -0.39 is 0 Å². The molecule has 3 aromatic rings. The van der Waals surface area contributed by atoms with Gasteiger partial charge in [-0.25, -0.2) is 9.97 Å². The quantitative estimate of drug-likeness (QED) is 0.350. The van der Waals surface area contributed by atoms with Gasteiger partial charge >= 0.3 is 0 Å². The van der Waals surface area contributed by atoms with Crippen molar-refractivity contribution in [2.45, 2.75) is 38.4 Å². The number of hydrogen-bond acceptors (Lipinski definition) is 5. The first kappa shape index (κ1) is 22.1. The number of halogens is 1. The number of carbonyl (C=O) groups is 1. The molecule has 2 N–H and O–H groups in total. The van der Waals surface area contributed by atoms with Gasteiger partial charge in [0.05, 0.1) is 10.7 Å². The summed E-state index contributed by atoms with van der Waals surface area (Å²) in [6, 6.07) is 15.6. The Morgan fingerprint density at radius 2 is 1.77 bits per heavy atom. The zero-order valence-electron chi connectivity index (χ0n) is 17.3. The average molecular weight is 441 g/mol. The van der Waals surface area contributed by atoms with E-state index in [2.05, 4.69) is 32.7 Å². The van der Waals surface area contributed by atoms with Gasteiger partial charge in [-0.2, -0.15) is 0 Å². The number of aryl methyl sites for hydroxylation is 2. The van der Waals surface area contributed by atoms with Crippen LogP contribution in [0, 0.1) is 13.8 Å². The molecular formula is C23H25ClN4OS. The molecule has 0 atom stereocenters. The summed E-state index contributed by atoms with van der Waals surface area (Å²) < 4.78 is 0. The SMILES string of the molecule is CSc1nc(C)c(CCC(=O)Nc2ccc(NCc3ccccc3)c(Cl)c2)c(C)n1. The van der Waals surface area contributed by atoms with Crippen molar-refractivity contribution in [3.63, 3.8) is 0 Å². The Labute approximate surface area is 186 Å². The molecule has 0 fully saturated rings. The molecule has 0 spiro atoms. The topological polar surface area (TPSA) is 66.9 Å². The van der Waals surface area contributed by atoms with Crippen molar-refractivity contribution in [1.29, 1.82) is 0 Å². The second-order valence-corrected chi connectivity index (χ2v) is 8.12. The zero-order valence-corrected chi connectivity index (χ0v) is 18.9. The molecule has 0 saturated heterocycles. The van der Waals surface area contributed by atoms with Crippen LogP contribution in [0.5, 0.6) is 0 Å². The van der Waals surface area contributed by atoms with Crippen LogP contribution >= 0.6 is 23.4 Å². The predicted octanol–water partition coefficient (Wildman–Crippen LogP) is 5.65. The first-order chi connectivity index (χ1) is 14.5. The number of carbonyl (C=O) groups excluding carboxylic acids is 1. The number of aromatic nitrogens is 2. The second kappa shape index (κ2) is 10.5. The lowest BCUT2D eigenvalue weighted by Crippen LogP contribution is -2.14. The van der Waals surface area contributed by atoms with E-state index in [1.54, 1.807) is 6.07 Å². The van der Waals surface area contributed by atoms with Crippen LogP contribution in [-0.4, -0.2) is 22.1 Å². The third kappa shape index (κ3) is 5.97. The average Bonchev–Trinajstić information content (AvgIpc) is 2.73. The first-order valence-corrected chi connectivity index (χ1v) is 11.3. The number of nitrogens with zero attached hydrogens (tertiary/aromatic N) is 2. The summed E-state index contributed by atoms with van der Waals surface area (Å²) in [4.78, 5) is 21.4. The summed E-state index contributed by atoms with van der Waals surface area (Å²) in [6.45, 7) is 4.60. The number of anilines is 2. The predicted molar refractivity (Wildman–Crippen MR) is 125 cm³/mol. The molecule has 0 unspecified atom stereocenters. The molecule has 0 aliphatic heterocycles. The van der Waals surface area contributed by atoms with E-state index in [-0.39, 0.29) is 5.91 Å². The molecule has 2 aromatic carbocycles. The van der Waals surface area contributed by atoms with Gasteiger partial charge in [0.2, 0.25) is 5.91 Å². The maximum atomic E-state index is 12.4. The van der Waals surface area contributed by atoms with Crippen molar-refractivity contribution >= 4 is 40.6 Å². The van der Waals surface area contributed by atoms with E-state index in [1.807, 2.05) is 50.4 Å². The number of hydrogen-bond donors (Lipinski definition) is 2. The lowest BCUT2D eigenvalue weighted by atomic mass is 10.1. The minimum Gasteiger partial charge on any atom is -0.380 e. The number of amides is 1. The van der Waals surface area contributed by atoms with Crippen LogP contribution in [0.15, 0.2) is 53.7 Å². The van der Waals surface area contributed by atoms with Gasteiger partial charge in [0, 0.05) is 30.0 Å². The highest BCUT2D eigenvalue weighted by Crippen LogP contribution is 2.26. The van der Waals surface area contributed by atoms with Crippen molar-refractivity contribution in [2.75, 3.05) is 16.9 Å². The molecule has 7 heteroatoms. The van der Waals surface area contributed by atoms with Gasteiger partial charge in [0.15, 0.2) is 5.16 Å². The van der Waals surface area contributed by atoms with Gasteiger partial charge < -0.3 is 10.6 Å². The maximum absolute atomic E-state index is 12.4. The number of benzene rings is 2. The lowest BCUT2D eigenvalue weighted by molar-refractivity contribution is -0.116. The summed E-state index contributed by atoms with van der Waals surface area (Å²) in [5.74, 6) is -0.0659. The minimum atomic E-state index is -0.0659. The van der Waals surface area contributed by atoms with Gasteiger partial charge in [-0.05, 0) is 55.9 Å². The minimum absolute atomic E-state index is 0.0659. The van der Waals surface area contributed by atoms with Crippen LogP contribution in [0.3, 0.4) is 0 Å². The number of rotatable bonds is 8. The molecule has 0 aliphatic rings. The van der Waals surface area contributed by atoms with Crippen LogP contribution in [0.4, 0.5) is 11.4 Å². The highest BCUT2D eigenvalue weighted by Gasteiger charge is 2.11. The Hall–Kier alpha value is -2.57. The van der Waals surface area contributed by atoms with Gasteiger partial charge in [-0.1, -0.05) is 53.7 Å². The highest BCUT2D eigenvalue weighted by molar-refractivity contribution is 7.98. The summed E-state index contributed by atoms with van der Waals surface area (Å²) in [5.41, 5.74) is 5.56. The van der Waals surface area contributed by atoms with Crippen molar-refractivity contribution in [3.05, 3.63) is 76.1 Å². The Bertz CT molecular complexity index is 1000. The molecule has 30 heavy (non-hydrogen) atoms. The first-order valence-electron chi connectivity index (χ1n) is 9.71. The molecule has 0 bridgehead atoms. The third-order valence-electron chi connectivity index (χ3n) is 4.76. The molecule has 0 radical (unpaired) electrons. The van der Waals surface area contributed by atoms with E-state index in [9.17, 15) is 4.79 Å². The lowest BCUT2D eigenvalue weighted by Gasteiger charge is -2.12. The van der Waals surface area contributed by atoms with Crippen LogP contribution in [-0.2, 0) is 17.8 Å². The van der Waals surface area contributed by atoms with Crippen LogP contribution < -0.4 is 10.6 Å². The molecule has 0 saturated carbocycles. The Kier molecular flexibility index (Phi) is 7.71. The van der Waals surface area contributed by atoms with Crippen LogP contribution in [0.1, 0.15) is 28.9 Å². The monoisotopic (exact) mass is 440 g/mol. The van der Waals surface area contributed by atoms with Gasteiger partial charge in [0.1, 0.15) is 0 Å². The smallest absolute Gasteiger partial charge is 0.224 e. The zero-order chi connectivity index (χ0) is 21.5. The fraction of sp³-hybridized carbons (Fsp3) is 0.261. The van der Waals surface area contributed by atoms with Crippen LogP contribution in [0.2, 0.25) is 5.02 Å². The number of thioether (sulfide) groups is 1. The van der Waals surface area contributed by atoms with Crippen molar-refractivity contribution in [3.8, 4) is 0 Å². The normalized spacial score (nSPS) is 10.7.